The van der Waals surface area contributed by atoms with E-state index in [0.29, 0.717) is 0 Å². The predicted molar refractivity (Wildman–Crippen MR) is 112 cm³/mol. The summed E-state index contributed by atoms with van der Waals surface area (Å²) in [4.78, 5) is 13.4. The minimum atomic E-state index is -0.202. The van der Waals surface area contributed by atoms with Crippen LogP contribution in [-0.2, 0) is 11.3 Å². The normalized spacial score (nSPS) is 29.7. The third-order valence-electron chi connectivity index (χ3n) is 7.09. The van der Waals surface area contributed by atoms with Crippen molar-refractivity contribution in [2.45, 2.75) is 45.2 Å². The Morgan fingerprint density at radius 1 is 1.14 bits per heavy atom. The van der Waals surface area contributed by atoms with Crippen LogP contribution in [0.5, 0.6) is 0 Å². The van der Waals surface area contributed by atoms with Crippen molar-refractivity contribution >= 4 is 23.0 Å². The van der Waals surface area contributed by atoms with Crippen LogP contribution in [0.15, 0.2) is 59.8 Å². The zero-order valence-corrected chi connectivity index (χ0v) is 16.6. The fourth-order valence-corrected chi connectivity index (χ4v) is 5.87. The summed E-state index contributed by atoms with van der Waals surface area (Å²) in [6.07, 6.45) is 7.50. The van der Waals surface area contributed by atoms with Crippen LogP contribution in [0.4, 0.5) is 0 Å². The average molecular weight is 384 g/mol. The highest BCUT2D eigenvalue weighted by atomic mass is 16.2. The number of amides is 1. The molecule has 29 heavy (non-hydrogen) atoms. The van der Waals surface area contributed by atoms with Gasteiger partial charge in [-0.1, -0.05) is 48.0 Å². The first kappa shape index (κ1) is 17.0. The topological polar surface area (TPSA) is 50.5 Å². The summed E-state index contributed by atoms with van der Waals surface area (Å²) in [5, 5.41) is 12.0. The van der Waals surface area contributed by atoms with Crippen molar-refractivity contribution in [3.8, 4) is 0 Å². The second-order valence-corrected chi connectivity index (χ2v) is 9.29. The third-order valence-corrected chi connectivity index (χ3v) is 7.09. The van der Waals surface area contributed by atoms with Gasteiger partial charge in [0.25, 0.3) is 0 Å². The number of carbonyl (C=O) groups excluding carboxylic acids is 1. The van der Waals surface area contributed by atoms with E-state index in [4.69, 9.17) is 0 Å². The highest BCUT2D eigenvalue weighted by Gasteiger charge is 2.72. The van der Waals surface area contributed by atoms with E-state index >= 15 is 0 Å². The quantitative estimate of drug-likeness (QED) is 0.666. The van der Waals surface area contributed by atoms with Gasteiger partial charge in [-0.05, 0) is 43.2 Å². The van der Waals surface area contributed by atoms with Gasteiger partial charge >= 0.3 is 0 Å². The van der Waals surface area contributed by atoms with Gasteiger partial charge in [0.05, 0.1) is 23.2 Å². The second-order valence-electron chi connectivity index (χ2n) is 9.29. The lowest BCUT2D eigenvalue weighted by molar-refractivity contribution is -0.223. The number of aromatic nitrogens is 2. The Morgan fingerprint density at radius 3 is 2.79 bits per heavy atom. The lowest BCUT2D eigenvalue weighted by Crippen LogP contribution is -2.68. The van der Waals surface area contributed by atoms with Crippen molar-refractivity contribution in [3.05, 3.63) is 65.9 Å². The Bertz CT molecular complexity index is 1140. The van der Waals surface area contributed by atoms with Crippen LogP contribution in [0.25, 0.3) is 10.9 Å². The predicted octanol–water partition coefficient (Wildman–Crippen LogP) is 4.47. The number of hydrogen-bond acceptors (Lipinski definition) is 3. The molecule has 2 bridgehead atoms. The Morgan fingerprint density at radius 2 is 1.97 bits per heavy atom. The SMILES string of the molecule is Cc1cccc(C2CC=NN2C(=O)C23CC(Cn4ncc5ccccc54)(C2)C3)c1. The standard InChI is InChI=1S/C24H24N4O/c1-17-5-4-7-18(11-17)21-9-10-25-28(21)22(29)24-13-23(14-24,15-24)16-27-20-8-3-2-6-19(20)12-26-27/h2-8,10-12,21H,9,13-16H2,1H3. The van der Waals surface area contributed by atoms with Crippen molar-refractivity contribution in [1.29, 1.82) is 0 Å². The van der Waals surface area contributed by atoms with Crippen LogP contribution in [0.1, 0.15) is 42.9 Å². The van der Waals surface area contributed by atoms with Crippen LogP contribution in [0, 0.1) is 17.8 Å². The number of aryl methyl sites for hydroxylation is 1. The Hall–Kier alpha value is -2.95. The van der Waals surface area contributed by atoms with E-state index in [0.717, 1.165) is 32.2 Å². The van der Waals surface area contributed by atoms with Gasteiger partial charge in [0.15, 0.2) is 0 Å². The minimum Gasteiger partial charge on any atom is -0.272 e. The largest absolute Gasteiger partial charge is 0.272 e. The van der Waals surface area contributed by atoms with E-state index < -0.39 is 0 Å². The molecule has 1 unspecified atom stereocenters. The molecule has 5 nitrogen and oxygen atoms in total. The first-order valence-electron chi connectivity index (χ1n) is 10.4. The smallest absolute Gasteiger partial charge is 0.249 e. The zero-order chi connectivity index (χ0) is 19.6. The molecular weight excluding hydrogens is 360 g/mol. The van der Waals surface area contributed by atoms with Gasteiger partial charge in [0.2, 0.25) is 5.91 Å². The molecule has 0 saturated heterocycles. The summed E-state index contributed by atoms with van der Waals surface area (Å²) >= 11 is 0. The van der Waals surface area contributed by atoms with Gasteiger partial charge in [-0.3, -0.25) is 9.48 Å². The van der Waals surface area contributed by atoms with Gasteiger partial charge in [0, 0.05) is 24.6 Å². The maximum atomic E-state index is 13.4. The summed E-state index contributed by atoms with van der Waals surface area (Å²) in [6, 6.07) is 16.8. The highest BCUT2D eigenvalue weighted by molar-refractivity contribution is 5.88. The van der Waals surface area contributed by atoms with E-state index in [-0.39, 0.29) is 22.8 Å². The Kier molecular flexibility index (Phi) is 3.38. The Balaban J connectivity index is 1.18. The number of benzene rings is 2. The molecule has 5 heteroatoms. The monoisotopic (exact) mass is 384 g/mol. The zero-order valence-electron chi connectivity index (χ0n) is 16.6. The van der Waals surface area contributed by atoms with Crippen molar-refractivity contribution in [1.82, 2.24) is 14.8 Å². The molecule has 0 N–H and O–H groups in total. The number of nitrogens with zero attached hydrogens (tertiary/aromatic N) is 4. The van der Waals surface area contributed by atoms with E-state index in [1.165, 1.54) is 22.0 Å². The van der Waals surface area contributed by atoms with Crippen molar-refractivity contribution in [3.63, 3.8) is 0 Å². The van der Waals surface area contributed by atoms with Gasteiger partial charge in [0.1, 0.15) is 0 Å². The Labute approximate surface area is 170 Å². The van der Waals surface area contributed by atoms with Crippen LogP contribution in [0.2, 0.25) is 0 Å². The first-order valence-corrected chi connectivity index (χ1v) is 10.4. The summed E-state index contributed by atoms with van der Waals surface area (Å²) in [5.41, 5.74) is 3.61. The molecule has 146 valence electrons. The summed E-state index contributed by atoms with van der Waals surface area (Å²) < 4.78 is 2.12. The van der Waals surface area contributed by atoms with E-state index in [1.54, 1.807) is 5.01 Å². The molecule has 3 aliphatic carbocycles. The molecule has 4 aliphatic rings. The van der Waals surface area contributed by atoms with E-state index in [2.05, 4.69) is 64.3 Å². The van der Waals surface area contributed by atoms with Crippen LogP contribution >= 0.6 is 0 Å². The molecule has 1 aromatic heterocycles. The van der Waals surface area contributed by atoms with E-state index in [9.17, 15) is 4.79 Å². The van der Waals surface area contributed by atoms with Crippen molar-refractivity contribution in [2.24, 2.45) is 15.9 Å². The van der Waals surface area contributed by atoms with Crippen LogP contribution in [0.3, 0.4) is 0 Å². The molecule has 3 saturated carbocycles. The van der Waals surface area contributed by atoms with Crippen molar-refractivity contribution in [2.75, 3.05) is 0 Å². The van der Waals surface area contributed by atoms with E-state index in [1.807, 2.05) is 18.5 Å². The molecule has 0 spiro atoms. The van der Waals surface area contributed by atoms with Gasteiger partial charge in [-0.2, -0.15) is 10.2 Å². The first-order chi connectivity index (χ1) is 14.1. The van der Waals surface area contributed by atoms with Crippen LogP contribution in [-0.4, -0.2) is 26.9 Å². The summed E-state index contributed by atoms with van der Waals surface area (Å²) in [6.45, 7) is 3.00. The highest BCUT2D eigenvalue weighted by Crippen LogP contribution is 2.74. The van der Waals surface area contributed by atoms with Gasteiger partial charge in [-0.15, -0.1) is 0 Å². The molecule has 3 aromatic rings. The van der Waals surface area contributed by atoms with Gasteiger partial charge < -0.3 is 0 Å². The van der Waals surface area contributed by atoms with Crippen molar-refractivity contribution < 1.29 is 4.79 Å². The molecule has 3 fully saturated rings. The van der Waals surface area contributed by atoms with Gasteiger partial charge in [-0.25, -0.2) is 5.01 Å². The van der Waals surface area contributed by atoms with Crippen LogP contribution < -0.4 is 0 Å². The molecule has 1 atom stereocenters. The molecule has 7 rings (SSSR count). The lowest BCUT2D eigenvalue weighted by Gasteiger charge is -2.69. The molecule has 2 heterocycles. The lowest BCUT2D eigenvalue weighted by atomic mass is 9.34. The third kappa shape index (κ3) is 2.43. The maximum Gasteiger partial charge on any atom is 0.249 e. The number of rotatable bonds is 4. The molecule has 1 aliphatic heterocycles. The average Bonchev–Trinajstić information content (AvgIpc) is 3.30. The number of para-hydroxylation sites is 1. The fourth-order valence-electron chi connectivity index (χ4n) is 5.87. The summed E-state index contributed by atoms with van der Waals surface area (Å²) in [5.74, 6) is 0.213. The number of hydrazone groups is 1. The molecule has 0 radical (unpaired) electrons. The fraction of sp³-hybridized carbons (Fsp3) is 0.375. The number of hydrogen-bond donors (Lipinski definition) is 0. The summed E-state index contributed by atoms with van der Waals surface area (Å²) in [7, 11) is 0. The minimum absolute atomic E-state index is 0.0439. The number of fused-ring (bicyclic) bond motifs is 1. The maximum absolute atomic E-state index is 13.4. The molecule has 1 amide bonds. The number of carbonyl (C=O) groups is 1. The molecular formula is C24H24N4O. The molecule has 2 aromatic carbocycles. The second kappa shape index (κ2) is 5.78.